The Morgan fingerprint density at radius 2 is 2.17 bits per heavy atom. The molecule has 0 saturated heterocycles. The fourth-order valence-corrected chi connectivity index (χ4v) is 3.52. The van der Waals surface area contributed by atoms with Crippen LogP contribution in [0.5, 0.6) is 0 Å². The van der Waals surface area contributed by atoms with Crippen LogP contribution in [-0.2, 0) is 6.42 Å². The standard InChI is InChI=1S/C16H23BrO/c1-2-13-6-4-9-16(18,10-8-13)12-14-5-3-7-15(17)11-14/h3,5,7,11,13,18H,2,4,6,8-10,12H2,1H3. The molecule has 2 heteroatoms. The van der Waals surface area contributed by atoms with Crippen molar-refractivity contribution in [1.29, 1.82) is 0 Å². The fraction of sp³-hybridized carbons (Fsp3) is 0.625. The lowest BCUT2D eigenvalue weighted by molar-refractivity contribution is 0.0241. The van der Waals surface area contributed by atoms with E-state index in [4.69, 9.17) is 0 Å². The summed E-state index contributed by atoms with van der Waals surface area (Å²) in [4.78, 5) is 0. The van der Waals surface area contributed by atoms with E-state index in [1.807, 2.05) is 12.1 Å². The highest BCUT2D eigenvalue weighted by molar-refractivity contribution is 9.10. The van der Waals surface area contributed by atoms with Crippen molar-refractivity contribution in [3.8, 4) is 0 Å². The normalized spacial score (nSPS) is 28.9. The number of hydrogen-bond acceptors (Lipinski definition) is 1. The Balaban J connectivity index is 2.02. The second kappa shape index (κ2) is 6.21. The van der Waals surface area contributed by atoms with Gasteiger partial charge in [-0.05, 0) is 42.9 Å². The summed E-state index contributed by atoms with van der Waals surface area (Å²) in [6.07, 6.45) is 7.60. The quantitative estimate of drug-likeness (QED) is 0.801. The molecule has 0 radical (unpaired) electrons. The average molecular weight is 311 g/mol. The number of rotatable bonds is 3. The molecule has 2 unspecified atom stereocenters. The summed E-state index contributed by atoms with van der Waals surface area (Å²) in [5.74, 6) is 0.821. The number of benzene rings is 1. The number of aliphatic hydroxyl groups is 1. The number of hydrogen-bond donors (Lipinski definition) is 1. The van der Waals surface area contributed by atoms with Crippen LogP contribution in [0.3, 0.4) is 0 Å². The molecule has 1 aliphatic rings. The second-order valence-corrected chi connectivity index (χ2v) is 6.65. The van der Waals surface area contributed by atoms with Crippen molar-refractivity contribution in [1.82, 2.24) is 0 Å². The first-order valence-corrected chi connectivity index (χ1v) is 7.87. The van der Waals surface area contributed by atoms with Crippen molar-refractivity contribution < 1.29 is 5.11 Å². The summed E-state index contributed by atoms with van der Waals surface area (Å²) < 4.78 is 1.10. The van der Waals surface area contributed by atoms with Gasteiger partial charge in [0.25, 0.3) is 0 Å². The van der Waals surface area contributed by atoms with Crippen molar-refractivity contribution in [2.24, 2.45) is 5.92 Å². The van der Waals surface area contributed by atoms with Crippen LogP contribution in [0.2, 0.25) is 0 Å². The zero-order valence-corrected chi connectivity index (χ0v) is 12.7. The van der Waals surface area contributed by atoms with Crippen molar-refractivity contribution in [3.05, 3.63) is 34.3 Å². The van der Waals surface area contributed by atoms with Gasteiger partial charge in [0.1, 0.15) is 0 Å². The smallest absolute Gasteiger partial charge is 0.0688 e. The molecule has 1 fully saturated rings. The Kier molecular flexibility index (Phi) is 4.85. The molecule has 18 heavy (non-hydrogen) atoms. The van der Waals surface area contributed by atoms with Crippen LogP contribution in [0.4, 0.5) is 0 Å². The Bertz CT molecular complexity index is 390. The van der Waals surface area contributed by atoms with Crippen molar-refractivity contribution in [2.75, 3.05) is 0 Å². The minimum Gasteiger partial charge on any atom is -0.390 e. The summed E-state index contributed by atoms with van der Waals surface area (Å²) >= 11 is 3.50. The van der Waals surface area contributed by atoms with E-state index in [2.05, 4.69) is 35.0 Å². The van der Waals surface area contributed by atoms with Gasteiger partial charge in [-0.15, -0.1) is 0 Å². The molecule has 1 aromatic rings. The fourth-order valence-electron chi connectivity index (χ4n) is 3.07. The van der Waals surface area contributed by atoms with E-state index in [0.29, 0.717) is 0 Å². The molecular weight excluding hydrogens is 288 g/mol. The van der Waals surface area contributed by atoms with Crippen LogP contribution in [-0.4, -0.2) is 10.7 Å². The molecule has 0 bridgehead atoms. The minimum absolute atomic E-state index is 0.481. The van der Waals surface area contributed by atoms with Gasteiger partial charge in [-0.1, -0.05) is 54.2 Å². The molecule has 1 aliphatic carbocycles. The van der Waals surface area contributed by atoms with Gasteiger partial charge in [-0.2, -0.15) is 0 Å². The second-order valence-electron chi connectivity index (χ2n) is 5.74. The van der Waals surface area contributed by atoms with Crippen LogP contribution >= 0.6 is 15.9 Å². The van der Waals surface area contributed by atoms with E-state index in [9.17, 15) is 5.11 Å². The highest BCUT2D eigenvalue weighted by Gasteiger charge is 2.30. The molecule has 0 amide bonds. The highest BCUT2D eigenvalue weighted by Crippen LogP contribution is 2.34. The van der Waals surface area contributed by atoms with Crippen LogP contribution in [0.15, 0.2) is 28.7 Å². The van der Waals surface area contributed by atoms with E-state index in [1.165, 1.54) is 31.2 Å². The molecule has 2 rings (SSSR count). The zero-order chi connectivity index (χ0) is 13.0. The van der Waals surface area contributed by atoms with E-state index < -0.39 is 5.60 Å². The summed E-state index contributed by atoms with van der Waals surface area (Å²) in [6, 6.07) is 8.33. The maximum atomic E-state index is 10.8. The van der Waals surface area contributed by atoms with Crippen molar-refractivity contribution in [2.45, 2.75) is 57.5 Å². The Morgan fingerprint density at radius 1 is 1.33 bits per heavy atom. The molecule has 0 heterocycles. The third-order valence-electron chi connectivity index (χ3n) is 4.27. The van der Waals surface area contributed by atoms with E-state index in [-0.39, 0.29) is 0 Å². The molecular formula is C16H23BrO. The van der Waals surface area contributed by atoms with Gasteiger partial charge in [-0.25, -0.2) is 0 Å². The molecule has 100 valence electrons. The first-order chi connectivity index (χ1) is 8.61. The first-order valence-electron chi connectivity index (χ1n) is 7.08. The molecule has 0 spiro atoms. The van der Waals surface area contributed by atoms with Gasteiger partial charge < -0.3 is 5.11 Å². The summed E-state index contributed by atoms with van der Waals surface area (Å²) in [5, 5.41) is 10.8. The predicted octanol–water partition coefficient (Wildman–Crippen LogP) is 4.71. The Morgan fingerprint density at radius 3 is 2.89 bits per heavy atom. The SMILES string of the molecule is CCC1CCCC(O)(Cc2cccc(Br)c2)CC1. The van der Waals surface area contributed by atoms with Gasteiger partial charge >= 0.3 is 0 Å². The average Bonchev–Trinajstić information content (AvgIpc) is 2.51. The van der Waals surface area contributed by atoms with Crippen LogP contribution in [0.25, 0.3) is 0 Å². The Hall–Kier alpha value is -0.340. The van der Waals surface area contributed by atoms with Gasteiger partial charge in [0.05, 0.1) is 5.60 Å². The molecule has 1 aromatic carbocycles. The maximum absolute atomic E-state index is 10.8. The lowest BCUT2D eigenvalue weighted by Crippen LogP contribution is -2.30. The maximum Gasteiger partial charge on any atom is 0.0688 e. The first kappa shape index (κ1) is 14.1. The van der Waals surface area contributed by atoms with Crippen LogP contribution < -0.4 is 0 Å². The van der Waals surface area contributed by atoms with Gasteiger partial charge in [0.15, 0.2) is 0 Å². The van der Waals surface area contributed by atoms with E-state index in [1.54, 1.807) is 0 Å². The molecule has 2 atom stereocenters. The molecule has 1 nitrogen and oxygen atoms in total. The Labute approximate surface area is 119 Å². The lowest BCUT2D eigenvalue weighted by Gasteiger charge is -2.27. The van der Waals surface area contributed by atoms with Crippen molar-refractivity contribution in [3.63, 3.8) is 0 Å². The predicted molar refractivity (Wildman–Crippen MR) is 79.7 cm³/mol. The van der Waals surface area contributed by atoms with Gasteiger partial charge in [-0.3, -0.25) is 0 Å². The van der Waals surface area contributed by atoms with Crippen LogP contribution in [0.1, 0.15) is 51.0 Å². The van der Waals surface area contributed by atoms with Gasteiger partial charge in [0, 0.05) is 10.9 Å². The molecule has 1 saturated carbocycles. The van der Waals surface area contributed by atoms with Crippen molar-refractivity contribution >= 4 is 15.9 Å². The van der Waals surface area contributed by atoms with E-state index in [0.717, 1.165) is 29.7 Å². The topological polar surface area (TPSA) is 20.2 Å². The zero-order valence-electron chi connectivity index (χ0n) is 11.2. The lowest BCUT2D eigenvalue weighted by atomic mass is 9.87. The molecule has 0 aromatic heterocycles. The van der Waals surface area contributed by atoms with E-state index >= 15 is 0 Å². The molecule has 0 aliphatic heterocycles. The summed E-state index contributed by atoms with van der Waals surface area (Å²) in [5.41, 5.74) is 0.756. The number of halogens is 1. The van der Waals surface area contributed by atoms with Crippen LogP contribution in [0, 0.1) is 5.92 Å². The highest BCUT2D eigenvalue weighted by atomic mass is 79.9. The van der Waals surface area contributed by atoms with Gasteiger partial charge in [0.2, 0.25) is 0 Å². The summed E-state index contributed by atoms with van der Waals surface area (Å²) in [7, 11) is 0. The monoisotopic (exact) mass is 310 g/mol. The summed E-state index contributed by atoms with van der Waals surface area (Å²) in [6.45, 7) is 2.27. The third-order valence-corrected chi connectivity index (χ3v) is 4.77. The minimum atomic E-state index is -0.481. The largest absolute Gasteiger partial charge is 0.390 e. The molecule has 1 N–H and O–H groups in total. The third kappa shape index (κ3) is 3.83.